The number of para-hydroxylation sites is 2. The van der Waals surface area contributed by atoms with E-state index in [2.05, 4.69) is 70.1 Å². The van der Waals surface area contributed by atoms with E-state index in [1.54, 1.807) is 26.6 Å². The third-order valence-electron chi connectivity index (χ3n) is 12.8. The first-order chi connectivity index (χ1) is 35.8. The summed E-state index contributed by atoms with van der Waals surface area (Å²) >= 11 is 0. The van der Waals surface area contributed by atoms with E-state index in [-0.39, 0.29) is 26.5 Å². The molecule has 17 nitrogen and oxygen atoms in total. The van der Waals surface area contributed by atoms with Crippen LogP contribution in [0.25, 0.3) is 110 Å². The van der Waals surface area contributed by atoms with Crippen LogP contribution in [0, 0.1) is 27.7 Å². The van der Waals surface area contributed by atoms with E-state index in [4.69, 9.17) is 18.5 Å². The highest BCUT2D eigenvalue weighted by Crippen LogP contribution is 2.44. The molecule has 0 saturated heterocycles. The Bertz CT molecular complexity index is 4170. The third kappa shape index (κ3) is 9.34. The van der Waals surface area contributed by atoms with Gasteiger partial charge in [-0.05, 0) is 97.0 Å². The van der Waals surface area contributed by atoms with Gasteiger partial charge < -0.3 is 33.6 Å². The maximum atomic E-state index is 11.9. The fourth-order valence-electron chi connectivity index (χ4n) is 9.27. The number of aryl methyl sites for hydroxylation is 4. The van der Waals surface area contributed by atoms with Crippen LogP contribution >= 0.6 is 0 Å². The molecular formula is C59H56N10O7. The number of H-pyrrole nitrogens is 2. The van der Waals surface area contributed by atoms with Crippen LogP contribution in [0.4, 0.5) is 0 Å². The average molecular weight is 1020 g/mol. The second kappa shape index (κ2) is 21.4. The molecule has 4 aromatic carbocycles. The molecule has 0 spiro atoms. The largest absolute Gasteiger partial charge is 0.496 e. The highest BCUT2D eigenvalue weighted by atomic mass is 16.5. The topological polar surface area (TPSA) is 234 Å². The molecule has 0 unspecified atom stereocenters. The van der Waals surface area contributed by atoms with Gasteiger partial charge in [-0.3, -0.25) is 14.8 Å². The Kier molecular flexibility index (Phi) is 14.9. The maximum Gasteiger partial charge on any atom is 0.374 e. The fourth-order valence-corrected chi connectivity index (χ4v) is 9.27. The van der Waals surface area contributed by atoms with Gasteiger partial charge in [0.2, 0.25) is 5.82 Å². The smallest absolute Gasteiger partial charge is 0.374 e. The molecule has 0 amide bonds. The molecule has 12 aromatic rings. The minimum atomic E-state index is -1.21. The Labute approximate surface area is 437 Å². The first-order valence-electron chi connectivity index (χ1n) is 23.5. The standard InChI is InChI=1S/C26H19N5O4.C26H19N5O3.C5H10.2CH4/c1-12-21(13(2)35-31-12)17-10-19-16(11-20(17)34-3)22-23(29-25(26(32)33)30-24(22)28-19)15-8-9-27-18-7-5-4-6-14(15)18;1-13-23(14(2)34-31-13)18-10-20-17(11-21(18)33-3)24-25(29-22(12-32)30-26(24)28-20)16-8-9-27-19-7-5-4-6-15(16)19;1-4-5(2)3;;/h4-11H,1-3H3,(H,32,33)(H,28,29,30);4-12H,1-3H3,(H,28,29,30);4H,1-3H3;2*1H4. The van der Waals surface area contributed by atoms with Crippen molar-refractivity contribution in [1.29, 1.82) is 0 Å². The van der Waals surface area contributed by atoms with Crippen LogP contribution in [0.2, 0.25) is 0 Å². The minimum Gasteiger partial charge on any atom is -0.496 e. The van der Waals surface area contributed by atoms with Gasteiger partial charge in [-0.1, -0.05) is 73.2 Å². The molecule has 76 heavy (non-hydrogen) atoms. The summed E-state index contributed by atoms with van der Waals surface area (Å²) in [6.07, 6.45) is 6.18. The van der Waals surface area contributed by atoms with Gasteiger partial charge in [0.1, 0.15) is 34.3 Å². The number of rotatable bonds is 8. The zero-order valence-corrected chi connectivity index (χ0v) is 41.9. The van der Waals surface area contributed by atoms with Crippen molar-refractivity contribution in [2.45, 2.75) is 63.3 Å². The quantitative estimate of drug-likeness (QED) is 0.0948. The number of benzene rings is 4. The molecule has 0 fully saturated rings. The Balaban J connectivity index is 0.000000181. The zero-order valence-electron chi connectivity index (χ0n) is 41.9. The summed E-state index contributed by atoms with van der Waals surface area (Å²) in [5, 5.41) is 22.9. The number of fused-ring (bicyclic) bond motifs is 8. The van der Waals surface area contributed by atoms with Gasteiger partial charge in [-0.15, -0.1) is 0 Å². The van der Waals surface area contributed by atoms with Gasteiger partial charge in [-0.25, -0.2) is 24.7 Å². The number of aromatic nitrogens is 10. The Morgan fingerprint density at radius 2 is 1.05 bits per heavy atom. The molecule has 0 saturated carbocycles. The monoisotopic (exact) mass is 1020 g/mol. The van der Waals surface area contributed by atoms with Crippen LogP contribution in [0.15, 0.2) is 118 Å². The van der Waals surface area contributed by atoms with Crippen molar-refractivity contribution in [1.82, 2.24) is 50.2 Å². The number of aldehydes is 1. The number of ether oxygens (including phenoxy) is 2. The van der Waals surface area contributed by atoms with Crippen LogP contribution in [-0.2, 0) is 0 Å². The number of nitrogens with one attached hydrogen (secondary N) is 2. The molecule has 0 aliphatic carbocycles. The fraction of sp³-hybridized carbons (Fsp3) is 0.186. The van der Waals surface area contributed by atoms with Gasteiger partial charge in [0, 0.05) is 67.2 Å². The summed E-state index contributed by atoms with van der Waals surface area (Å²) in [7, 11) is 3.24. The minimum absolute atomic E-state index is 0. The lowest BCUT2D eigenvalue weighted by Crippen LogP contribution is -2.05. The summed E-state index contributed by atoms with van der Waals surface area (Å²) in [5.74, 6) is 1.28. The van der Waals surface area contributed by atoms with Crippen LogP contribution in [0.5, 0.6) is 11.5 Å². The highest BCUT2D eigenvalue weighted by Gasteiger charge is 2.25. The second-order valence-electron chi connectivity index (χ2n) is 17.7. The summed E-state index contributed by atoms with van der Waals surface area (Å²) in [6, 6.07) is 27.1. The number of carboxylic acids is 1. The van der Waals surface area contributed by atoms with Crippen LogP contribution in [0.1, 0.15) is 79.8 Å². The van der Waals surface area contributed by atoms with Gasteiger partial charge >= 0.3 is 5.97 Å². The predicted molar refractivity (Wildman–Crippen MR) is 298 cm³/mol. The number of hydrogen-bond donors (Lipinski definition) is 3. The third-order valence-corrected chi connectivity index (χ3v) is 12.8. The summed E-state index contributed by atoms with van der Waals surface area (Å²) in [5.41, 5.74) is 13.3. The zero-order chi connectivity index (χ0) is 51.9. The lowest BCUT2D eigenvalue weighted by Gasteiger charge is -2.10. The number of carbonyl (C=O) groups excluding carboxylic acids is 1. The molecule has 0 radical (unpaired) electrons. The predicted octanol–water partition coefficient (Wildman–Crippen LogP) is 14.0. The molecule has 0 aliphatic rings. The van der Waals surface area contributed by atoms with Crippen LogP contribution in [0.3, 0.4) is 0 Å². The van der Waals surface area contributed by atoms with Crippen molar-refractivity contribution in [2.24, 2.45) is 0 Å². The molecule has 0 aliphatic heterocycles. The number of pyridine rings is 2. The average Bonchev–Trinajstić information content (AvgIpc) is 4.20. The summed E-state index contributed by atoms with van der Waals surface area (Å²) < 4.78 is 22.3. The Hall–Kier alpha value is -9.64. The number of aromatic amines is 2. The summed E-state index contributed by atoms with van der Waals surface area (Å²) in [6.45, 7) is 13.7. The molecule has 8 aromatic heterocycles. The number of aromatic carboxylic acids is 1. The van der Waals surface area contributed by atoms with E-state index in [0.717, 1.165) is 93.8 Å². The molecule has 384 valence electrons. The van der Waals surface area contributed by atoms with E-state index in [1.807, 2.05) is 120 Å². The van der Waals surface area contributed by atoms with Crippen molar-refractivity contribution in [3.05, 3.63) is 144 Å². The molecule has 3 N–H and O–H groups in total. The molecule has 8 heterocycles. The van der Waals surface area contributed by atoms with E-state index in [0.29, 0.717) is 57.4 Å². The normalized spacial score (nSPS) is 10.9. The molecular weight excluding hydrogens is 961 g/mol. The SMILES string of the molecule is C.C.CC=C(C)C.COc1cc2c(cc1-c1c(C)noc1C)[nH]c1nc(C(=O)O)nc(-c3ccnc4ccccc34)c12.COc1cc2c(cc1-c1c(C)noc1C)[nH]c1nc(C=O)nc(-c3ccnc4ccccc34)c12. The van der Waals surface area contributed by atoms with E-state index >= 15 is 0 Å². The number of allylic oxidation sites excluding steroid dienone is 2. The number of carbonyl (C=O) groups is 2. The Morgan fingerprint density at radius 1 is 0.605 bits per heavy atom. The van der Waals surface area contributed by atoms with E-state index in [9.17, 15) is 14.7 Å². The number of nitrogens with zero attached hydrogens (tertiary/aromatic N) is 8. The molecule has 0 atom stereocenters. The number of carboxylic acid groups (broad SMARTS) is 1. The van der Waals surface area contributed by atoms with Crippen molar-refractivity contribution in [3.63, 3.8) is 0 Å². The lowest BCUT2D eigenvalue weighted by atomic mass is 9.99. The van der Waals surface area contributed by atoms with Crippen molar-refractivity contribution in [3.8, 4) is 56.3 Å². The Morgan fingerprint density at radius 3 is 1.46 bits per heavy atom. The van der Waals surface area contributed by atoms with Crippen molar-refractivity contribution in [2.75, 3.05) is 14.2 Å². The second-order valence-corrected chi connectivity index (χ2v) is 17.7. The number of hydrogen-bond acceptors (Lipinski definition) is 14. The van der Waals surface area contributed by atoms with Gasteiger partial charge in [0.05, 0.1) is 69.9 Å². The van der Waals surface area contributed by atoms with E-state index in [1.165, 1.54) is 5.57 Å². The maximum absolute atomic E-state index is 11.9. The lowest BCUT2D eigenvalue weighted by molar-refractivity contribution is 0.0683. The molecule has 17 heteroatoms. The highest BCUT2D eigenvalue weighted by molar-refractivity contribution is 6.17. The molecule has 0 bridgehead atoms. The van der Waals surface area contributed by atoms with Crippen LogP contribution in [-0.4, -0.2) is 81.8 Å². The van der Waals surface area contributed by atoms with Gasteiger partial charge in [0.15, 0.2) is 12.1 Å². The first-order valence-corrected chi connectivity index (χ1v) is 23.5. The van der Waals surface area contributed by atoms with Crippen molar-refractivity contribution < 1.29 is 33.2 Å². The van der Waals surface area contributed by atoms with Gasteiger partial charge in [0.25, 0.3) is 0 Å². The molecule has 12 rings (SSSR count). The van der Waals surface area contributed by atoms with E-state index < -0.39 is 5.97 Å². The summed E-state index contributed by atoms with van der Waals surface area (Å²) in [4.78, 5) is 57.0. The number of methoxy groups -OCH3 is 2. The van der Waals surface area contributed by atoms with Crippen LogP contribution < -0.4 is 9.47 Å². The first kappa shape index (κ1) is 52.7. The van der Waals surface area contributed by atoms with Gasteiger partial charge in [-0.2, -0.15) is 0 Å². The van der Waals surface area contributed by atoms with Crippen molar-refractivity contribution >= 4 is 77.9 Å².